The van der Waals surface area contributed by atoms with Gasteiger partial charge in [0.2, 0.25) is 0 Å². The average molecular weight is 353 g/mol. The van der Waals surface area contributed by atoms with Gasteiger partial charge in [0, 0.05) is 17.8 Å². The van der Waals surface area contributed by atoms with Gasteiger partial charge in [0.15, 0.2) is 0 Å². The normalized spacial score (nSPS) is 9.88. The predicted molar refractivity (Wildman–Crippen MR) is 86.9 cm³/mol. The van der Waals surface area contributed by atoms with E-state index < -0.39 is 5.97 Å². The van der Waals surface area contributed by atoms with Gasteiger partial charge in [0.05, 0.1) is 13.1 Å². The van der Waals surface area contributed by atoms with Crippen molar-refractivity contribution in [3.63, 3.8) is 0 Å². The fourth-order valence-corrected chi connectivity index (χ4v) is 2.29. The second-order valence-corrected chi connectivity index (χ2v) is 5.25. The van der Waals surface area contributed by atoms with Crippen LogP contribution in [-0.4, -0.2) is 24.7 Å². The van der Waals surface area contributed by atoms with Crippen molar-refractivity contribution < 1.29 is 71.1 Å². The van der Waals surface area contributed by atoms with E-state index in [1.807, 2.05) is 12.1 Å². The van der Waals surface area contributed by atoms with Crippen molar-refractivity contribution in [3.8, 4) is 11.5 Å². The summed E-state index contributed by atoms with van der Waals surface area (Å²) in [6, 6.07) is 12.4. The molecule has 0 aliphatic rings. The van der Waals surface area contributed by atoms with Crippen LogP contribution in [0.25, 0.3) is 0 Å². The number of aromatic carboxylic acids is 1. The van der Waals surface area contributed by atoms with Gasteiger partial charge in [0.25, 0.3) is 0 Å². The molecule has 24 heavy (non-hydrogen) atoms. The van der Waals surface area contributed by atoms with Crippen LogP contribution in [0.1, 0.15) is 28.8 Å². The summed E-state index contributed by atoms with van der Waals surface area (Å²) in [7, 11) is 1.65. The Morgan fingerprint density at radius 3 is 2.50 bits per heavy atom. The number of aryl methyl sites for hydroxylation is 1. The van der Waals surface area contributed by atoms with Crippen LogP contribution in [-0.2, 0) is 6.42 Å². The van der Waals surface area contributed by atoms with E-state index >= 15 is 0 Å². The number of nitrogens with one attached hydrogen (secondary N) is 1. The molecule has 122 valence electrons. The van der Waals surface area contributed by atoms with E-state index in [-0.39, 0.29) is 62.7 Å². The third-order valence-electron chi connectivity index (χ3n) is 3.60. The monoisotopic (exact) mass is 353 g/mol. The van der Waals surface area contributed by atoms with Gasteiger partial charge in [-0.3, -0.25) is 0 Å². The van der Waals surface area contributed by atoms with Gasteiger partial charge in [-0.2, -0.15) is 0 Å². The molecule has 0 atom stereocenters. The number of carbonyl (C=O) groups is 1. The number of carbonyl (C=O) groups excluding carboxylic acids is 1. The topological polar surface area (TPSA) is 81.6 Å². The fourth-order valence-electron chi connectivity index (χ4n) is 2.29. The third-order valence-corrected chi connectivity index (χ3v) is 3.60. The molecule has 5 nitrogen and oxygen atoms in total. The number of ether oxygens (including phenoxy) is 1. The zero-order valence-corrected chi connectivity index (χ0v) is 17.2. The Labute approximate surface area is 184 Å². The van der Waals surface area contributed by atoms with Gasteiger partial charge in [-0.15, -0.1) is 0 Å². The summed E-state index contributed by atoms with van der Waals surface area (Å²) in [6.07, 6.45) is 2.95. The van der Waals surface area contributed by atoms with Crippen LogP contribution in [0, 0.1) is 0 Å². The number of rotatable bonds is 8. The third kappa shape index (κ3) is 6.45. The van der Waals surface area contributed by atoms with Gasteiger partial charge in [-0.05, 0) is 55.2 Å². The maximum Gasteiger partial charge on any atom is 1.00 e. The number of methoxy groups -OCH3 is 1. The van der Waals surface area contributed by atoms with Crippen molar-refractivity contribution in [1.29, 1.82) is 0 Å². The maximum absolute atomic E-state index is 10.8. The Balaban J connectivity index is 0.00000288. The molecule has 6 heteroatoms. The molecule has 0 bridgehead atoms. The van der Waals surface area contributed by atoms with Crippen LogP contribution in [0.3, 0.4) is 0 Å². The largest absolute Gasteiger partial charge is 1.00 e. The molecule has 0 saturated carbocycles. The quantitative estimate of drug-likeness (QED) is 0.369. The van der Waals surface area contributed by atoms with Crippen LogP contribution >= 0.6 is 0 Å². The second-order valence-electron chi connectivity index (χ2n) is 5.25. The van der Waals surface area contributed by atoms with Crippen LogP contribution in [0.2, 0.25) is 0 Å². The molecule has 0 aliphatic heterocycles. The number of carboxylic acid groups (broad SMARTS) is 1. The van der Waals surface area contributed by atoms with Gasteiger partial charge in [0.1, 0.15) is 11.5 Å². The first-order valence-corrected chi connectivity index (χ1v) is 7.51. The second kappa shape index (κ2) is 10.7. The molecule has 2 aromatic rings. The minimum absolute atomic E-state index is 0. The number of anilines is 1. The average Bonchev–Trinajstić information content (AvgIpc) is 2.56. The minimum Gasteiger partial charge on any atom is -0.545 e. The Bertz CT molecular complexity index is 659. The van der Waals surface area contributed by atoms with Crippen molar-refractivity contribution in [3.05, 3.63) is 53.6 Å². The summed E-state index contributed by atoms with van der Waals surface area (Å²) >= 11 is 0. The smallest absolute Gasteiger partial charge is 0.545 e. The molecule has 0 heterocycles. The SMILES string of the molecule is COc1ccc(CCCCNc2ccc(O)c(C(=O)[O-])c2)cc1.[K+]. The number of hydrogen-bond acceptors (Lipinski definition) is 5. The van der Waals surface area contributed by atoms with E-state index in [4.69, 9.17) is 4.74 Å². The molecule has 2 rings (SSSR count). The van der Waals surface area contributed by atoms with E-state index in [1.165, 1.54) is 17.7 Å². The van der Waals surface area contributed by atoms with Gasteiger partial charge < -0.3 is 25.1 Å². The zero-order valence-electron chi connectivity index (χ0n) is 14.0. The molecule has 2 aromatic carbocycles. The summed E-state index contributed by atoms with van der Waals surface area (Å²) in [5.41, 5.74) is 1.72. The standard InChI is InChI=1S/C18H21NO4.K/c1-23-15-8-5-13(6-9-15)4-2-3-11-19-14-7-10-17(20)16(12-14)18(21)22;/h5-10,12,19-20H,2-4,11H2,1H3,(H,21,22);/q;+1/p-1. The Hall–Kier alpha value is -1.05. The number of carboxylic acids is 1. The fraction of sp³-hybridized carbons (Fsp3) is 0.278. The Kier molecular flexibility index (Phi) is 9.39. The van der Waals surface area contributed by atoms with Crippen molar-refractivity contribution in [2.75, 3.05) is 19.0 Å². The van der Waals surface area contributed by atoms with Crippen LogP contribution in [0.5, 0.6) is 11.5 Å². The molecule has 0 unspecified atom stereocenters. The summed E-state index contributed by atoms with van der Waals surface area (Å²) in [6.45, 7) is 0.730. The summed E-state index contributed by atoms with van der Waals surface area (Å²) in [4.78, 5) is 10.8. The van der Waals surface area contributed by atoms with Crippen molar-refractivity contribution in [2.24, 2.45) is 0 Å². The molecule has 0 aromatic heterocycles. The van der Waals surface area contributed by atoms with Crippen LogP contribution in [0.4, 0.5) is 5.69 Å². The number of benzene rings is 2. The summed E-state index contributed by atoms with van der Waals surface area (Å²) < 4.78 is 5.12. The van der Waals surface area contributed by atoms with Gasteiger partial charge >= 0.3 is 51.4 Å². The summed E-state index contributed by atoms with van der Waals surface area (Å²) in [5.74, 6) is -0.813. The molecule has 0 amide bonds. The number of aromatic hydroxyl groups is 1. The van der Waals surface area contributed by atoms with E-state index in [9.17, 15) is 15.0 Å². The maximum atomic E-state index is 10.8. The number of unbranched alkanes of at least 4 members (excludes halogenated alkanes) is 1. The molecule has 0 fully saturated rings. The number of hydrogen-bond donors (Lipinski definition) is 2. The predicted octanol–water partition coefficient (Wildman–Crippen LogP) is -0.797. The molecular formula is C18H20KNO4. The van der Waals surface area contributed by atoms with E-state index in [0.717, 1.165) is 31.6 Å². The van der Waals surface area contributed by atoms with Crippen molar-refractivity contribution in [2.45, 2.75) is 19.3 Å². The molecular weight excluding hydrogens is 333 g/mol. The van der Waals surface area contributed by atoms with Gasteiger partial charge in [-0.1, -0.05) is 12.1 Å². The molecule has 0 aliphatic carbocycles. The zero-order chi connectivity index (χ0) is 16.7. The van der Waals surface area contributed by atoms with Crippen molar-refractivity contribution >= 4 is 11.7 Å². The molecule has 0 radical (unpaired) electrons. The van der Waals surface area contributed by atoms with Crippen LogP contribution in [0.15, 0.2) is 42.5 Å². The number of phenols is 1. The van der Waals surface area contributed by atoms with Gasteiger partial charge in [-0.25, -0.2) is 0 Å². The molecule has 0 saturated heterocycles. The Morgan fingerprint density at radius 1 is 1.17 bits per heavy atom. The minimum atomic E-state index is -1.38. The molecule has 2 N–H and O–H groups in total. The summed E-state index contributed by atoms with van der Waals surface area (Å²) in [5, 5.41) is 23.4. The first-order chi connectivity index (χ1) is 11.1. The first kappa shape index (κ1) is 21.0. The molecule has 0 spiro atoms. The van der Waals surface area contributed by atoms with Crippen molar-refractivity contribution in [1.82, 2.24) is 0 Å². The van der Waals surface area contributed by atoms with Crippen LogP contribution < -0.4 is 66.5 Å². The Morgan fingerprint density at radius 2 is 1.88 bits per heavy atom. The van der Waals surface area contributed by atoms with E-state index in [1.54, 1.807) is 13.2 Å². The van der Waals surface area contributed by atoms with E-state index in [2.05, 4.69) is 17.4 Å². The first-order valence-electron chi connectivity index (χ1n) is 7.51. The van der Waals surface area contributed by atoms with E-state index in [0.29, 0.717) is 5.69 Å².